The number of sulfonamides is 1. The number of aliphatic carboxylic acids is 1. The van der Waals surface area contributed by atoms with Crippen LogP contribution in [0.3, 0.4) is 0 Å². The molecule has 1 unspecified atom stereocenters. The maximum atomic E-state index is 13.4. The van der Waals surface area contributed by atoms with E-state index in [1.54, 1.807) is 42.2 Å². The second-order valence-electron chi connectivity index (χ2n) is 8.51. The third-order valence-electron chi connectivity index (χ3n) is 5.89. The molecule has 1 aliphatic heterocycles. The number of amidine groups is 1. The Morgan fingerprint density at radius 2 is 1.97 bits per heavy atom. The van der Waals surface area contributed by atoms with Crippen molar-refractivity contribution in [3.8, 4) is 0 Å². The summed E-state index contributed by atoms with van der Waals surface area (Å²) in [5.41, 5.74) is 7.24. The van der Waals surface area contributed by atoms with Gasteiger partial charge in [-0.3, -0.25) is 15.2 Å². The Bertz CT molecular complexity index is 1540. The summed E-state index contributed by atoms with van der Waals surface area (Å²) in [6.45, 7) is 2.49. The normalized spacial score (nSPS) is 15.9. The number of nitrogen functional groups attached to an aromatic ring is 1. The van der Waals surface area contributed by atoms with Crippen molar-refractivity contribution in [3.63, 3.8) is 0 Å². The lowest BCUT2D eigenvalue weighted by Gasteiger charge is -2.23. The molecule has 1 fully saturated rings. The number of nitrogens with one attached hydrogen (secondary N) is 1. The molecule has 1 amide bonds. The number of halogens is 4. The van der Waals surface area contributed by atoms with Gasteiger partial charge >= 0.3 is 12.1 Å². The van der Waals surface area contributed by atoms with Crippen molar-refractivity contribution >= 4 is 60.8 Å². The zero-order chi connectivity index (χ0) is 29.3. The largest absolute Gasteiger partial charge is 0.490 e. The number of carbonyl (C=O) groups excluding carboxylic acids is 1. The lowest BCUT2D eigenvalue weighted by Crippen LogP contribution is -2.42. The van der Waals surface area contributed by atoms with Crippen molar-refractivity contribution in [3.05, 3.63) is 58.4 Å². The highest BCUT2D eigenvalue weighted by Gasteiger charge is 2.41. The number of likely N-dealkylation sites (tertiary alicyclic amines) is 1. The van der Waals surface area contributed by atoms with Crippen LogP contribution in [0.15, 0.2) is 40.7 Å². The van der Waals surface area contributed by atoms with E-state index in [0.29, 0.717) is 35.8 Å². The summed E-state index contributed by atoms with van der Waals surface area (Å²) < 4.78 is 60.8. The minimum absolute atomic E-state index is 0.150. The van der Waals surface area contributed by atoms with Gasteiger partial charge < -0.3 is 15.7 Å². The zero-order valence-corrected chi connectivity index (χ0v) is 22.9. The number of fused-ring (bicyclic) bond motifs is 1. The third kappa shape index (κ3) is 6.66. The van der Waals surface area contributed by atoms with E-state index in [0.717, 1.165) is 15.6 Å². The number of hydrogen-bond donors (Lipinski definition) is 3. The number of aryl methyl sites for hydroxylation is 1. The summed E-state index contributed by atoms with van der Waals surface area (Å²) in [7, 11) is -2.41. The maximum Gasteiger partial charge on any atom is 0.490 e. The number of carboxylic acids is 1. The molecule has 210 valence electrons. The number of amides is 1. The molecule has 1 atom stereocenters. The van der Waals surface area contributed by atoms with Gasteiger partial charge in [-0.05, 0) is 60.2 Å². The first-order valence-electron chi connectivity index (χ1n) is 11.1. The van der Waals surface area contributed by atoms with Gasteiger partial charge in [-0.2, -0.15) is 17.5 Å². The van der Waals surface area contributed by atoms with E-state index in [1.807, 2.05) is 0 Å². The molecule has 0 radical (unpaired) electrons. The molecule has 1 aromatic carbocycles. The minimum atomic E-state index is -5.08. The number of alkyl halides is 3. The number of thiophene rings is 1. The first-order valence-corrected chi connectivity index (χ1v) is 13.7. The van der Waals surface area contributed by atoms with Crippen LogP contribution >= 0.6 is 22.9 Å². The van der Waals surface area contributed by atoms with Crippen LogP contribution in [0.5, 0.6) is 0 Å². The van der Waals surface area contributed by atoms with E-state index < -0.39 is 28.2 Å². The second kappa shape index (κ2) is 11.5. The number of nitrogens with zero attached hydrogens (tertiary/aromatic N) is 3. The van der Waals surface area contributed by atoms with E-state index in [9.17, 15) is 26.4 Å². The third-order valence-corrected chi connectivity index (χ3v) is 9.86. The lowest BCUT2D eigenvalue weighted by molar-refractivity contribution is -0.192. The summed E-state index contributed by atoms with van der Waals surface area (Å²) in [6.07, 6.45) is -3.15. The fourth-order valence-electron chi connectivity index (χ4n) is 3.87. The van der Waals surface area contributed by atoms with Crippen molar-refractivity contribution in [1.29, 1.82) is 5.41 Å². The predicted molar refractivity (Wildman–Crippen MR) is 139 cm³/mol. The summed E-state index contributed by atoms with van der Waals surface area (Å²) in [5, 5.41) is 16.0. The van der Waals surface area contributed by atoms with Gasteiger partial charge in [0, 0.05) is 36.1 Å². The Morgan fingerprint density at radius 3 is 2.56 bits per heavy atom. The zero-order valence-electron chi connectivity index (χ0n) is 20.5. The Labute approximate surface area is 230 Å². The fourth-order valence-corrected chi connectivity index (χ4v) is 7.30. The maximum absolute atomic E-state index is 13.4. The molecule has 0 spiro atoms. The van der Waals surface area contributed by atoms with Crippen LogP contribution in [-0.4, -0.2) is 71.2 Å². The van der Waals surface area contributed by atoms with Crippen LogP contribution < -0.4 is 5.73 Å². The highest BCUT2D eigenvalue weighted by Crippen LogP contribution is 2.37. The van der Waals surface area contributed by atoms with Crippen LogP contribution in [0.2, 0.25) is 5.02 Å². The van der Waals surface area contributed by atoms with Crippen molar-refractivity contribution in [2.45, 2.75) is 36.3 Å². The summed E-state index contributed by atoms with van der Waals surface area (Å²) in [4.78, 5) is 27.6. The monoisotopic (exact) mass is 605 g/mol. The van der Waals surface area contributed by atoms with Gasteiger partial charge in [-0.25, -0.2) is 13.2 Å². The lowest BCUT2D eigenvalue weighted by atomic mass is 10.2. The number of pyridine rings is 1. The van der Waals surface area contributed by atoms with Crippen molar-refractivity contribution in [1.82, 2.24) is 14.2 Å². The Kier molecular flexibility index (Phi) is 8.89. The van der Waals surface area contributed by atoms with E-state index in [-0.39, 0.29) is 16.0 Å². The van der Waals surface area contributed by atoms with Crippen molar-refractivity contribution in [2.24, 2.45) is 5.73 Å². The molecule has 4 N–H and O–H groups in total. The first-order chi connectivity index (χ1) is 18.0. The molecule has 2 aromatic heterocycles. The average molecular weight is 606 g/mol. The highest BCUT2D eigenvalue weighted by atomic mass is 35.5. The van der Waals surface area contributed by atoms with Gasteiger partial charge in [-0.15, -0.1) is 11.3 Å². The number of rotatable bonds is 6. The number of aromatic nitrogens is 1. The number of benzene rings is 1. The number of likely N-dealkylation sites (N-methyl/N-ethyl adjacent to an activating group) is 1. The van der Waals surface area contributed by atoms with E-state index in [2.05, 4.69) is 4.98 Å². The number of nitrogens with two attached hydrogens (primary N) is 1. The predicted octanol–water partition coefficient (Wildman–Crippen LogP) is 3.60. The standard InChI is InChI=1S/C21H22ClN5O3S2.C2HF3O2/c1-12-15-10-14(22)3-4-18(15)31-21(12)32(29,30)26(2)17-6-8-27(20(17)28)11-13-5-7-25-16(9-13)19(23)24;3-2(4,5)1(6)7/h3-5,7,9-10,17H,6,8,11H2,1-2H3,(H3,23,24);(H,6,7). The van der Waals surface area contributed by atoms with Gasteiger partial charge in [0.05, 0.1) is 0 Å². The SMILES string of the molecule is Cc1c(S(=O)(=O)N(C)C2CCN(Cc3ccnc(C(=N)N)c3)C2=O)sc2ccc(Cl)cc12.O=C(O)C(F)(F)F. The molecule has 10 nitrogen and oxygen atoms in total. The summed E-state index contributed by atoms with van der Waals surface area (Å²) in [6, 6.07) is 7.93. The molecule has 0 aliphatic carbocycles. The number of carbonyl (C=O) groups is 2. The van der Waals surface area contributed by atoms with Gasteiger partial charge in [0.2, 0.25) is 5.91 Å². The van der Waals surface area contributed by atoms with Gasteiger partial charge in [0.1, 0.15) is 21.8 Å². The molecular weight excluding hydrogens is 583 g/mol. The molecule has 0 bridgehead atoms. The molecule has 3 heterocycles. The van der Waals surface area contributed by atoms with Gasteiger partial charge in [0.25, 0.3) is 10.0 Å². The van der Waals surface area contributed by atoms with Crippen molar-refractivity contribution in [2.75, 3.05) is 13.6 Å². The molecular formula is C23H23ClF3N5O5S2. The quantitative estimate of drug-likeness (QED) is 0.286. The smallest absolute Gasteiger partial charge is 0.475 e. The van der Waals surface area contributed by atoms with E-state index >= 15 is 0 Å². The molecule has 0 saturated carbocycles. The van der Waals surface area contributed by atoms with Gasteiger partial charge in [-0.1, -0.05) is 11.6 Å². The fraction of sp³-hybridized carbons (Fsp3) is 0.304. The molecule has 1 aliphatic rings. The Morgan fingerprint density at radius 1 is 1.33 bits per heavy atom. The van der Waals surface area contributed by atoms with Gasteiger partial charge in [0.15, 0.2) is 0 Å². The Balaban J connectivity index is 0.000000532. The average Bonchev–Trinajstić information content (AvgIpc) is 3.38. The molecule has 4 rings (SSSR count). The number of carboxylic acid groups (broad SMARTS) is 1. The summed E-state index contributed by atoms with van der Waals surface area (Å²) in [5.74, 6) is -3.16. The molecule has 1 saturated heterocycles. The topological polar surface area (TPSA) is 158 Å². The van der Waals surface area contributed by atoms with Crippen LogP contribution in [0.1, 0.15) is 23.2 Å². The summed E-state index contributed by atoms with van der Waals surface area (Å²) >= 11 is 7.26. The molecule has 39 heavy (non-hydrogen) atoms. The van der Waals surface area contributed by atoms with Crippen LogP contribution in [0.4, 0.5) is 13.2 Å². The number of hydrogen-bond acceptors (Lipinski definition) is 7. The minimum Gasteiger partial charge on any atom is -0.475 e. The first kappa shape index (κ1) is 30.3. The van der Waals surface area contributed by atoms with Crippen molar-refractivity contribution < 1.29 is 36.3 Å². The Hall–Kier alpha value is -3.27. The van der Waals surface area contributed by atoms with Crippen LogP contribution in [0.25, 0.3) is 10.1 Å². The second-order valence-corrected chi connectivity index (χ2v) is 12.2. The van der Waals surface area contributed by atoms with E-state index in [1.165, 1.54) is 28.9 Å². The molecule has 16 heteroatoms. The highest BCUT2D eigenvalue weighted by molar-refractivity contribution is 7.91. The van der Waals surface area contributed by atoms with Crippen LogP contribution in [-0.2, 0) is 26.2 Å². The molecule has 3 aromatic rings. The van der Waals surface area contributed by atoms with Crippen LogP contribution in [0, 0.1) is 12.3 Å². The van der Waals surface area contributed by atoms with E-state index in [4.69, 9.17) is 32.6 Å².